The monoisotopic (exact) mass is 555 g/mol. The van der Waals surface area contributed by atoms with E-state index in [1.807, 2.05) is 39.0 Å². The minimum Gasteiger partial charge on any atom is -0.352 e. The molecule has 0 unspecified atom stereocenters. The van der Waals surface area contributed by atoms with Crippen LogP contribution in [-0.2, 0) is 32.6 Å². The summed E-state index contributed by atoms with van der Waals surface area (Å²) in [6.45, 7) is 6.84. The molecule has 0 aliphatic heterocycles. The molecule has 38 heavy (non-hydrogen) atoms. The molecule has 0 saturated carbocycles. The summed E-state index contributed by atoms with van der Waals surface area (Å²) in [5, 5.41) is 3.34. The molecule has 0 aliphatic carbocycles. The van der Waals surface area contributed by atoms with Gasteiger partial charge in [-0.2, -0.15) is 0 Å². The number of hydrogen-bond acceptors (Lipinski definition) is 4. The second-order valence-electron chi connectivity index (χ2n) is 9.30. The second-order valence-corrected chi connectivity index (χ2v) is 11.6. The van der Waals surface area contributed by atoms with Crippen LogP contribution in [0.4, 0.5) is 5.69 Å². The molecule has 3 aromatic carbocycles. The highest BCUT2D eigenvalue weighted by Gasteiger charge is 2.33. The van der Waals surface area contributed by atoms with Gasteiger partial charge in [0.25, 0.3) is 10.0 Å². The van der Waals surface area contributed by atoms with Crippen molar-refractivity contribution in [1.82, 2.24) is 10.2 Å². The molecule has 3 rings (SSSR count). The van der Waals surface area contributed by atoms with Crippen molar-refractivity contribution in [2.75, 3.05) is 10.8 Å². The molecular weight excluding hydrogens is 522 g/mol. The third kappa shape index (κ3) is 7.14. The summed E-state index contributed by atoms with van der Waals surface area (Å²) >= 11 is 6.17. The summed E-state index contributed by atoms with van der Waals surface area (Å²) < 4.78 is 28.9. The van der Waals surface area contributed by atoms with Crippen LogP contribution >= 0.6 is 11.6 Å². The minimum absolute atomic E-state index is 0.0747. The van der Waals surface area contributed by atoms with Gasteiger partial charge in [0.1, 0.15) is 12.6 Å². The number of aryl methyl sites for hydroxylation is 1. The Morgan fingerprint density at radius 1 is 0.921 bits per heavy atom. The molecule has 0 radical (unpaired) electrons. The van der Waals surface area contributed by atoms with Crippen molar-refractivity contribution < 1.29 is 18.0 Å². The van der Waals surface area contributed by atoms with Gasteiger partial charge >= 0.3 is 0 Å². The van der Waals surface area contributed by atoms with Crippen molar-refractivity contribution in [2.24, 2.45) is 0 Å². The van der Waals surface area contributed by atoms with Crippen molar-refractivity contribution in [3.05, 3.63) is 95.0 Å². The predicted molar refractivity (Wildman–Crippen MR) is 152 cm³/mol. The highest BCUT2D eigenvalue weighted by molar-refractivity contribution is 7.92. The fourth-order valence-corrected chi connectivity index (χ4v) is 5.79. The molecule has 0 saturated heterocycles. The maximum atomic E-state index is 13.9. The van der Waals surface area contributed by atoms with Gasteiger partial charge in [0.15, 0.2) is 0 Å². The van der Waals surface area contributed by atoms with Gasteiger partial charge in [0.05, 0.1) is 10.6 Å². The molecule has 202 valence electrons. The largest absolute Gasteiger partial charge is 0.352 e. The third-order valence-corrected chi connectivity index (χ3v) is 8.10. The SMILES string of the molecule is CCc1ccccc1N(CC(=O)N(Cc1cccc(Cl)c1)[C@@H](C)C(=O)NC(C)C)S(=O)(=O)c1ccccc1. The Kier molecular flexibility index (Phi) is 9.94. The van der Waals surface area contributed by atoms with Crippen molar-refractivity contribution in [3.63, 3.8) is 0 Å². The molecule has 1 N–H and O–H groups in total. The normalized spacial score (nSPS) is 12.2. The molecule has 9 heteroatoms. The number of halogens is 1. The number of anilines is 1. The quantitative estimate of drug-likeness (QED) is 0.359. The van der Waals surface area contributed by atoms with Crippen LogP contribution in [0.15, 0.2) is 83.8 Å². The zero-order valence-corrected chi connectivity index (χ0v) is 23.7. The molecule has 0 bridgehead atoms. The second kappa shape index (κ2) is 12.9. The van der Waals surface area contributed by atoms with Gasteiger partial charge in [-0.15, -0.1) is 0 Å². The smallest absolute Gasteiger partial charge is 0.264 e. The number of carbonyl (C=O) groups is 2. The molecule has 1 atom stereocenters. The lowest BCUT2D eigenvalue weighted by molar-refractivity contribution is -0.139. The Bertz CT molecular complexity index is 1360. The minimum atomic E-state index is -4.10. The number of nitrogens with zero attached hydrogens (tertiary/aromatic N) is 2. The summed E-state index contributed by atoms with van der Waals surface area (Å²) in [5.41, 5.74) is 1.93. The Morgan fingerprint density at radius 2 is 1.58 bits per heavy atom. The number of carbonyl (C=O) groups excluding carboxylic acids is 2. The van der Waals surface area contributed by atoms with Crippen LogP contribution in [0.1, 0.15) is 38.8 Å². The average molecular weight is 556 g/mol. The van der Waals surface area contributed by atoms with Crippen LogP contribution in [0.25, 0.3) is 0 Å². The summed E-state index contributed by atoms with van der Waals surface area (Å²) in [4.78, 5) is 28.4. The first-order valence-electron chi connectivity index (χ1n) is 12.5. The van der Waals surface area contributed by atoms with Gasteiger partial charge in [0, 0.05) is 17.6 Å². The first-order valence-corrected chi connectivity index (χ1v) is 14.4. The van der Waals surface area contributed by atoms with Crippen molar-refractivity contribution in [3.8, 4) is 0 Å². The molecule has 3 aromatic rings. The highest BCUT2D eigenvalue weighted by atomic mass is 35.5. The Balaban J connectivity index is 2.06. The van der Waals surface area contributed by atoms with Gasteiger partial charge < -0.3 is 10.2 Å². The predicted octanol–water partition coefficient (Wildman–Crippen LogP) is 5.04. The average Bonchev–Trinajstić information content (AvgIpc) is 2.90. The molecule has 0 spiro atoms. The molecule has 0 heterocycles. The van der Waals surface area contributed by atoms with E-state index in [0.717, 1.165) is 15.4 Å². The zero-order valence-electron chi connectivity index (χ0n) is 22.1. The van der Waals surface area contributed by atoms with Gasteiger partial charge in [-0.3, -0.25) is 13.9 Å². The van der Waals surface area contributed by atoms with E-state index in [0.29, 0.717) is 17.1 Å². The first-order chi connectivity index (χ1) is 18.0. The van der Waals surface area contributed by atoms with Crippen LogP contribution in [0.3, 0.4) is 0 Å². The number of amides is 2. The Morgan fingerprint density at radius 3 is 2.21 bits per heavy atom. The highest BCUT2D eigenvalue weighted by Crippen LogP contribution is 2.28. The summed E-state index contributed by atoms with van der Waals surface area (Å²) in [6, 6.07) is 21.2. The molecule has 7 nitrogen and oxygen atoms in total. The van der Waals surface area contributed by atoms with Gasteiger partial charge in [0.2, 0.25) is 11.8 Å². The van der Waals surface area contributed by atoms with E-state index >= 15 is 0 Å². The van der Waals surface area contributed by atoms with E-state index in [2.05, 4.69) is 5.32 Å². The van der Waals surface area contributed by atoms with Crippen LogP contribution < -0.4 is 9.62 Å². The summed E-state index contributed by atoms with van der Waals surface area (Å²) in [5.74, 6) is -0.844. The fraction of sp³-hybridized carbons (Fsp3) is 0.310. The van der Waals surface area contributed by atoms with Crippen LogP contribution in [0.5, 0.6) is 0 Å². The lowest BCUT2D eigenvalue weighted by Crippen LogP contribution is -2.52. The van der Waals surface area contributed by atoms with Gasteiger partial charge in [-0.25, -0.2) is 8.42 Å². The van der Waals surface area contributed by atoms with Crippen molar-refractivity contribution in [2.45, 2.75) is 57.6 Å². The topological polar surface area (TPSA) is 86.8 Å². The van der Waals surface area contributed by atoms with Crippen LogP contribution in [0.2, 0.25) is 5.02 Å². The summed E-state index contributed by atoms with van der Waals surface area (Å²) in [6.07, 6.45) is 0.574. The maximum Gasteiger partial charge on any atom is 0.264 e. The number of nitrogens with one attached hydrogen (secondary N) is 1. The number of sulfonamides is 1. The first kappa shape index (κ1) is 29.2. The Labute approximate surface area is 230 Å². The van der Waals surface area contributed by atoms with Gasteiger partial charge in [-0.1, -0.05) is 67.1 Å². The maximum absolute atomic E-state index is 13.9. The fourth-order valence-electron chi connectivity index (χ4n) is 4.11. The third-order valence-electron chi connectivity index (χ3n) is 6.09. The van der Waals surface area contributed by atoms with Crippen LogP contribution in [-0.4, -0.2) is 43.8 Å². The zero-order chi connectivity index (χ0) is 27.9. The molecule has 2 amide bonds. The number of benzene rings is 3. The van der Waals surface area contributed by atoms with Crippen molar-refractivity contribution in [1.29, 1.82) is 0 Å². The van der Waals surface area contributed by atoms with E-state index in [4.69, 9.17) is 11.6 Å². The molecule has 0 aromatic heterocycles. The Hall–Kier alpha value is -3.36. The van der Waals surface area contributed by atoms with E-state index < -0.39 is 28.5 Å². The lowest BCUT2D eigenvalue weighted by atomic mass is 10.1. The van der Waals surface area contributed by atoms with E-state index in [-0.39, 0.29) is 23.4 Å². The molecule has 0 aliphatic rings. The number of para-hydroxylation sites is 1. The molecular formula is C29H34ClN3O4S. The lowest BCUT2D eigenvalue weighted by Gasteiger charge is -2.33. The number of rotatable bonds is 11. The van der Waals surface area contributed by atoms with E-state index in [9.17, 15) is 18.0 Å². The van der Waals surface area contributed by atoms with E-state index in [1.54, 1.807) is 55.5 Å². The molecule has 0 fully saturated rings. The van der Waals surface area contributed by atoms with Crippen molar-refractivity contribution >= 4 is 39.1 Å². The number of hydrogen-bond donors (Lipinski definition) is 1. The summed E-state index contributed by atoms with van der Waals surface area (Å²) in [7, 11) is -4.10. The standard InChI is InChI=1S/C29H34ClN3O4S/c1-5-24-13-9-10-17-27(24)33(38(36,37)26-15-7-6-8-16-26)20-28(34)32(22(4)29(35)31-21(2)3)19-23-12-11-14-25(30)18-23/h6-18,21-22H,5,19-20H2,1-4H3,(H,31,35)/t22-/m0/s1. The van der Waals surface area contributed by atoms with Crippen LogP contribution in [0, 0.1) is 0 Å². The van der Waals surface area contributed by atoms with E-state index in [1.165, 1.54) is 17.0 Å². The van der Waals surface area contributed by atoms with Gasteiger partial charge in [-0.05, 0) is 68.7 Å².